The van der Waals surface area contributed by atoms with Crippen LogP contribution in [0.2, 0.25) is 0 Å². The van der Waals surface area contributed by atoms with Crippen molar-refractivity contribution in [3.05, 3.63) is 48.3 Å². The zero-order valence-corrected chi connectivity index (χ0v) is 12.5. The molecule has 0 bridgehead atoms. The smallest absolute Gasteiger partial charge is 0.323 e. The Labute approximate surface area is 135 Å². The van der Waals surface area contributed by atoms with E-state index in [1.165, 1.54) is 6.07 Å². The van der Waals surface area contributed by atoms with Gasteiger partial charge in [-0.15, -0.1) is 5.10 Å². The Morgan fingerprint density at radius 1 is 1.00 bits per heavy atom. The minimum absolute atomic E-state index is 0.0695. The van der Waals surface area contributed by atoms with Gasteiger partial charge < -0.3 is 13.6 Å². The summed E-state index contributed by atoms with van der Waals surface area (Å²) in [7, 11) is 1.59. The van der Waals surface area contributed by atoms with E-state index in [1.54, 1.807) is 43.5 Å². The van der Waals surface area contributed by atoms with Crippen molar-refractivity contribution in [1.82, 2.24) is 15.2 Å². The molecule has 2 aromatic heterocycles. The predicted octanol–water partition coefficient (Wildman–Crippen LogP) is 3.77. The highest BCUT2D eigenvalue weighted by Gasteiger charge is 2.13. The number of rotatable bonds is 4. The van der Waals surface area contributed by atoms with Gasteiger partial charge in [0, 0.05) is 5.56 Å². The predicted molar refractivity (Wildman–Crippen MR) is 83.5 cm³/mol. The summed E-state index contributed by atoms with van der Waals surface area (Å²) < 4.78 is 29.6. The van der Waals surface area contributed by atoms with Crippen LogP contribution in [-0.4, -0.2) is 22.3 Å². The van der Waals surface area contributed by atoms with Crippen molar-refractivity contribution in [2.75, 3.05) is 12.4 Å². The molecule has 4 aromatic rings. The highest BCUT2D eigenvalue weighted by atomic mass is 19.1. The van der Waals surface area contributed by atoms with Crippen LogP contribution in [0.4, 0.5) is 16.4 Å². The van der Waals surface area contributed by atoms with Crippen LogP contribution in [-0.2, 0) is 0 Å². The molecule has 0 spiro atoms. The Bertz CT molecular complexity index is 994. The molecule has 0 saturated heterocycles. The summed E-state index contributed by atoms with van der Waals surface area (Å²) >= 11 is 0. The van der Waals surface area contributed by atoms with Gasteiger partial charge in [0.1, 0.15) is 11.3 Å². The fraction of sp³-hybridized carbons (Fsp3) is 0.0625. The van der Waals surface area contributed by atoms with Crippen LogP contribution in [0.1, 0.15) is 0 Å². The highest BCUT2D eigenvalue weighted by molar-refractivity contribution is 5.75. The monoisotopic (exact) mass is 326 g/mol. The summed E-state index contributed by atoms with van der Waals surface area (Å²) in [6, 6.07) is 11.8. The van der Waals surface area contributed by atoms with Gasteiger partial charge in [-0.25, -0.2) is 4.39 Å². The lowest BCUT2D eigenvalue weighted by Gasteiger charge is -1.99. The van der Waals surface area contributed by atoms with Gasteiger partial charge in [-0.3, -0.25) is 5.32 Å². The van der Waals surface area contributed by atoms with Gasteiger partial charge in [-0.1, -0.05) is 11.2 Å². The molecule has 0 atom stereocenters. The number of anilines is 2. The molecule has 2 heterocycles. The maximum atomic E-state index is 13.6. The topological polar surface area (TPSA) is 86.2 Å². The van der Waals surface area contributed by atoms with Crippen molar-refractivity contribution in [3.63, 3.8) is 0 Å². The summed E-state index contributed by atoms with van der Waals surface area (Å²) in [4.78, 5) is 4.02. The number of benzene rings is 2. The van der Waals surface area contributed by atoms with Crippen molar-refractivity contribution in [1.29, 1.82) is 0 Å². The second-order valence-corrected chi connectivity index (χ2v) is 4.87. The van der Waals surface area contributed by atoms with Crippen LogP contribution in [0, 0.1) is 5.82 Å². The van der Waals surface area contributed by atoms with Crippen LogP contribution < -0.4 is 10.1 Å². The first-order valence-corrected chi connectivity index (χ1v) is 7.03. The van der Waals surface area contributed by atoms with Gasteiger partial charge in [0.2, 0.25) is 5.89 Å². The van der Waals surface area contributed by atoms with Crippen molar-refractivity contribution >= 4 is 23.1 Å². The number of nitrogens with zero attached hydrogens (tertiary/aromatic N) is 3. The zero-order chi connectivity index (χ0) is 16.5. The quantitative estimate of drug-likeness (QED) is 0.611. The van der Waals surface area contributed by atoms with E-state index in [1.807, 2.05) is 0 Å². The van der Waals surface area contributed by atoms with E-state index in [4.69, 9.17) is 13.6 Å². The lowest BCUT2D eigenvalue weighted by atomic mass is 10.2. The lowest BCUT2D eigenvalue weighted by Crippen LogP contribution is -1.90. The van der Waals surface area contributed by atoms with Gasteiger partial charge >= 0.3 is 12.0 Å². The molecule has 0 radical (unpaired) electrons. The maximum absolute atomic E-state index is 13.6. The molecule has 4 rings (SSSR count). The standard InChI is InChI=1S/C16H11FN4O3/c1-22-10-7-5-9(6-8-10)14-20-21-16(24-14)19-15-18-13-11(17)3-2-4-12(13)23-15/h2-8H,1H3,(H,18,19,21). The van der Waals surface area contributed by atoms with Gasteiger partial charge in [0.25, 0.3) is 0 Å². The molecular formula is C16H11FN4O3. The van der Waals surface area contributed by atoms with E-state index in [9.17, 15) is 4.39 Å². The SMILES string of the molecule is COc1ccc(-c2nnc(Nc3nc4c(F)cccc4o3)o2)cc1. The van der Waals surface area contributed by atoms with E-state index in [0.29, 0.717) is 11.5 Å². The number of nitrogens with one attached hydrogen (secondary N) is 1. The van der Waals surface area contributed by atoms with Crippen molar-refractivity contribution < 1.29 is 18.0 Å². The van der Waals surface area contributed by atoms with E-state index >= 15 is 0 Å². The van der Waals surface area contributed by atoms with Crippen molar-refractivity contribution in [2.45, 2.75) is 0 Å². The second-order valence-electron chi connectivity index (χ2n) is 4.87. The first-order chi connectivity index (χ1) is 11.7. The zero-order valence-electron chi connectivity index (χ0n) is 12.5. The first kappa shape index (κ1) is 14.2. The number of hydrogen-bond acceptors (Lipinski definition) is 7. The molecule has 8 heteroatoms. The summed E-state index contributed by atoms with van der Waals surface area (Å²) in [5.41, 5.74) is 1.20. The molecule has 0 amide bonds. The third-order valence-corrected chi connectivity index (χ3v) is 3.35. The average molecular weight is 326 g/mol. The Balaban J connectivity index is 1.58. The van der Waals surface area contributed by atoms with Crippen molar-refractivity contribution in [2.24, 2.45) is 0 Å². The van der Waals surface area contributed by atoms with E-state index in [0.717, 1.165) is 11.3 Å². The minimum Gasteiger partial charge on any atom is -0.497 e. The number of ether oxygens (including phenoxy) is 1. The Morgan fingerprint density at radius 2 is 1.83 bits per heavy atom. The molecule has 24 heavy (non-hydrogen) atoms. The lowest BCUT2D eigenvalue weighted by molar-refractivity contribution is 0.415. The van der Waals surface area contributed by atoms with Gasteiger partial charge in [0.05, 0.1) is 7.11 Å². The minimum atomic E-state index is -0.464. The first-order valence-electron chi connectivity index (χ1n) is 7.03. The maximum Gasteiger partial charge on any atom is 0.323 e. The largest absolute Gasteiger partial charge is 0.497 e. The van der Waals surface area contributed by atoms with Crippen LogP contribution in [0.15, 0.2) is 51.3 Å². The molecule has 0 aliphatic carbocycles. The molecule has 0 saturated carbocycles. The highest BCUT2D eigenvalue weighted by Crippen LogP contribution is 2.26. The summed E-state index contributed by atoms with van der Waals surface area (Å²) in [5, 5.41) is 10.5. The van der Waals surface area contributed by atoms with E-state index in [-0.39, 0.29) is 17.5 Å². The Hall–Kier alpha value is -3.42. The number of aromatic nitrogens is 3. The normalized spacial score (nSPS) is 10.9. The molecule has 7 nitrogen and oxygen atoms in total. The summed E-state index contributed by atoms with van der Waals surface area (Å²) in [6.07, 6.45) is 0. The second kappa shape index (κ2) is 5.65. The Kier molecular flexibility index (Phi) is 3.34. The van der Waals surface area contributed by atoms with Crippen LogP contribution in [0.5, 0.6) is 5.75 Å². The van der Waals surface area contributed by atoms with Crippen LogP contribution in [0.25, 0.3) is 22.6 Å². The van der Waals surface area contributed by atoms with Gasteiger partial charge in [-0.2, -0.15) is 4.98 Å². The molecule has 0 fully saturated rings. The number of hydrogen-bond donors (Lipinski definition) is 1. The fourth-order valence-corrected chi connectivity index (χ4v) is 2.18. The average Bonchev–Trinajstić information content (AvgIpc) is 3.23. The molecule has 120 valence electrons. The van der Waals surface area contributed by atoms with Crippen molar-refractivity contribution in [3.8, 4) is 17.2 Å². The molecule has 0 aliphatic heterocycles. The third kappa shape index (κ3) is 2.54. The fourth-order valence-electron chi connectivity index (χ4n) is 2.18. The number of fused-ring (bicyclic) bond motifs is 1. The van der Waals surface area contributed by atoms with Crippen LogP contribution in [0.3, 0.4) is 0 Å². The molecule has 0 aliphatic rings. The summed E-state index contributed by atoms with van der Waals surface area (Å²) in [6.45, 7) is 0. The van der Waals surface area contributed by atoms with E-state index in [2.05, 4.69) is 20.5 Å². The van der Waals surface area contributed by atoms with Gasteiger partial charge in [0.15, 0.2) is 11.4 Å². The molecule has 0 unspecified atom stereocenters. The van der Waals surface area contributed by atoms with E-state index < -0.39 is 5.82 Å². The van der Waals surface area contributed by atoms with Gasteiger partial charge in [-0.05, 0) is 36.4 Å². The number of oxazole rings is 1. The van der Waals surface area contributed by atoms with Crippen LogP contribution >= 0.6 is 0 Å². The number of methoxy groups -OCH3 is 1. The number of halogens is 1. The molecular weight excluding hydrogens is 315 g/mol. The number of para-hydroxylation sites is 1. The Morgan fingerprint density at radius 3 is 2.58 bits per heavy atom. The molecule has 2 aromatic carbocycles. The third-order valence-electron chi connectivity index (χ3n) is 3.35. The summed E-state index contributed by atoms with van der Waals surface area (Å²) in [5.74, 6) is 0.585. The molecule has 1 N–H and O–H groups in total.